The van der Waals surface area contributed by atoms with Crippen LogP contribution in [0, 0.1) is 0 Å². The molecule has 0 spiro atoms. The number of nitrogens with zero attached hydrogens (tertiary/aromatic N) is 1. The van der Waals surface area contributed by atoms with E-state index < -0.39 is 0 Å². The van der Waals surface area contributed by atoms with E-state index in [-0.39, 0.29) is 11.4 Å². The van der Waals surface area contributed by atoms with E-state index in [1.807, 2.05) is 31.2 Å². The molecule has 21 heavy (non-hydrogen) atoms. The maximum absolute atomic E-state index is 12.4. The summed E-state index contributed by atoms with van der Waals surface area (Å²) in [5.74, 6) is 5.38. The third-order valence-electron chi connectivity index (χ3n) is 4.08. The summed E-state index contributed by atoms with van der Waals surface area (Å²) in [7, 11) is 0. The van der Waals surface area contributed by atoms with E-state index in [0.717, 1.165) is 23.7 Å². The maximum atomic E-state index is 12.4. The van der Waals surface area contributed by atoms with Crippen LogP contribution in [0.2, 0.25) is 0 Å². The number of rotatable bonds is 5. The number of anilines is 1. The van der Waals surface area contributed by atoms with Gasteiger partial charge in [0.15, 0.2) is 0 Å². The Morgan fingerprint density at radius 3 is 2.57 bits per heavy atom. The van der Waals surface area contributed by atoms with Gasteiger partial charge in [-0.15, -0.1) is 0 Å². The molecule has 1 aromatic carbocycles. The molecule has 2 aromatic rings. The molecule has 0 unspecified atom stereocenters. The number of nitrogens with two attached hydrogens (primary N) is 1. The average molecular weight is 286 g/mol. The van der Waals surface area contributed by atoms with Crippen LogP contribution >= 0.6 is 0 Å². The predicted octanol–water partition coefficient (Wildman–Crippen LogP) is 2.83. The van der Waals surface area contributed by atoms with Crippen LogP contribution in [-0.4, -0.2) is 16.4 Å². The first-order valence-corrected chi connectivity index (χ1v) is 7.22. The molecule has 0 saturated heterocycles. The molecule has 5 nitrogen and oxygen atoms in total. The maximum Gasteiger partial charge on any atom is 0.270 e. The lowest BCUT2D eigenvalue weighted by Gasteiger charge is -2.28. The fraction of sp³-hybridized carbons (Fsp3) is 0.375. The highest BCUT2D eigenvalue weighted by Crippen LogP contribution is 2.23. The van der Waals surface area contributed by atoms with Gasteiger partial charge in [0.2, 0.25) is 0 Å². The van der Waals surface area contributed by atoms with Crippen molar-refractivity contribution in [1.82, 2.24) is 10.3 Å². The summed E-state index contributed by atoms with van der Waals surface area (Å²) in [6.07, 6.45) is 1.73. The molecular formula is C16H22N4O. The third kappa shape index (κ3) is 3.13. The fourth-order valence-electron chi connectivity index (χ4n) is 2.18. The van der Waals surface area contributed by atoms with Gasteiger partial charge in [-0.3, -0.25) is 10.6 Å². The number of hydrogen-bond donors (Lipinski definition) is 3. The second kappa shape index (κ2) is 6.10. The van der Waals surface area contributed by atoms with Gasteiger partial charge in [-0.2, -0.15) is 0 Å². The molecule has 0 aliphatic rings. The molecule has 1 aromatic heterocycles. The molecular weight excluding hydrogens is 264 g/mol. The van der Waals surface area contributed by atoms with Gasteiger partial charge in [0.25, 0.3) is 5.91 Å². The Labute approximate surface area is 124 Å². The smallest absolute Gasteiger partial charge is 0.270 e. The Bertz CT molecular complexity index is 650. The van der Waals surface area contributed by atoms with Crippen molar-refractivity contribution >= 4 is 22.5 Å². The summed E-state index contributed by atoms with van der Waals surface area (Å²) in [5.41, 5.74) is 4.22. The Morgan fingerprint density at radius 2 is 1.95 bits per heavy atom. The Hall–Kier alpha value is -2.14. The number of para-hydroxylation sites is 1. The van der Waals surface area contributed by atoms with Crippen molar-refractivity contribution < 1.29 is 4.79 Å². The highest BCUT2D eigenvalue weighted by molar-refractivity contribution is 5.99. The minimum Gasteiger partial charge on any atom is -0.346 e. The molecule has 1 heterocycles. The molecule has 0 bridgehead atoms. The minimum absolute atomic E-state index is 0.177. The van der Waals surface area contributed by atoms with Crippen LogP contribution in [0.15, 0.2) is 30.3 Å². The second-order valence-electron chi connectivity index (χ2n) is 5.44. The van der Waals surface area contributed by atoms with Crippen LogP contribution < -0.4 is 16.6 Å². The molecule has 0 aliphatic carbocycles. The average Bonchev–Trinajstić information content (AvgIpc) is 2.53. The number of fused-ring (bicyclic) bond motifs is 1. The van der Waals surface area contributed by atoms with Gasteiger partial charge in [0.05, 0.1) is 11.2 Å². The van der Waals surface area contributed by atoms with Crippen LogP contribution in [0.3, 0.4) is 0 Å². The lowest BCUT2D eigenvalue weighted by Crippen LogP contribution is -2.45. The van der Waals surface area contributed by atoms with Crippen molar-refractivity contribution in [3.8, 4) is 0 Å². The standard InChI is InChI=1S/C16H22N4O/c1-4-16(3,5-2)19-15(21)14-10-13(20-17)11-8-6-7-9-12(11)18-14/h6-10H,4-5,17H2,1-3H3,(H,18,20)(H,19,21). The number of amides is 1. The van der Waals surface area contributed by atoms with E-state index in [0.29, 0.717) is 11.4 Å². The van der Waals surface area contributed by atoms with Crippen LogP contribution in [0.5, 0.6) is 0 Å². The molecule has 0 fully saturated rings. The number of hydrogen-bond acceptors (Lipinski definition) is 4. The Balaban J connectivity index is 2.40. The van der Waals surface area contributed by atoms with E-state index >= 15 is 0 Å². The number of carbonyl (C=O) groups excluding carboxylic acids is 1. The van der Waals surface area contributed by atoms with Crippen molar-refractivity contribution in [1.29, 1.82) is 0 Å². The normalized spacial score (nSPS) is 11.4. The molecule has 0 radical (unpaired) electrons. The lowest BCUT2D eigenvalue weighted by molar-refractivity contribution is 0.0896. The number of hydrazine groups is 1. The predicted molar refractivity (Wildman–Crippen MR) is 86.0 cm³/mol. The summed E-state index contributed by atoms with van der Waals surface area (Å²) in [5, 5.41) is 3.95. The molecule has 5 heteroatoms. The van der Waals surface area contributed by atoms with E-state index in [1.165, 1.54) is 0 Å². The Morgan fingerprint density at radius 1 is 1.29 bits per heavy atom. The SMILES string of the molecule is CCC(C)(CC)NC(=O)c1cc(NN)c2ccccc2n1. The van der Waals surface area contributed by atoms with Gasteiger partial charge in [0.1, 0.15) is 5.69 Å². The number of aromatic nitrogens is 1. The van der Waals surface area contributed by atoms with Crippen LogP contribution in [-0.2, 0) is 0 Å². The minimum atomic E-state index is -0.222. The van der Waals surface area contributed by atoms with Crippen LogP contribution in [0.1, 0.15) is 44.1 Å². The first-order chi connectivity index (χ1) is 10.0. The number of nitrogens with one attached hydrogen (secondary N) is 2. The second-order valence-corrected chi connectivity index (χ2v) is 5.44. The number of carbonyl (C=O) groups is 1. The van der Waals surface area contributed by atoms with E-state index in [1.54, 1.807) is 6.07 Å². The quantitative estimate of drug-likeness (QED) is 0.583. The zero-order valence-corrected chi connectivity index (χ0v) is 12.7. The van der Waals surface area contributed by atoms with E-state index in [9.17, 15) is 4.79 Å². The highest BCUT2D eigenvalue weighted by Gasteiger charge is 2.23. The number of nitrogen functional groups attached to an aromatic ring is 1. The molecule has 4 N–H and O–H groups in total. The largest absolute Gasteiger partial charge is 0.346 e. The molecule has 0 saturated carbocycles. The van der Waals surface area contributed by atoms with Crippen LogP contribution in [0.25, 0.3) is 10.9 Å². The van der Waals surface area contributed by atoms with Gasteiger partial charge in [-0.05, 0) is 31.9 Å². The van der Waals surface area contributed by atoms with Crippen molar-refractivity contribution in [2.75, 3.05) is 5.43 Å². The summed E-state index contributed by atoms with van der Waals surface area (Å²) < 4.78 is 0. The van der Waals surface area contributed by atoms with Crippen molar-refractivity contribution in [3.63, 3.8) is 0 Å². The zero-order chi connectivity index (χ0) is 15.5. The summed E-state index contributed by atoms with van der Waals surface area (Å²) in [6, 6.07) is 9.27. The van der Waals surface area contributed by atoms with Gasteiger partial charge < -0.3 is 10.7 Å². The third-order valence-corrected chi connectivity index (χ3v) is 4.08. The first kappa shape index (κ1) is 15.3. The van der Waals surface area contributed by atoms with Gasteiger partial charge in [-0.1, -0.05) is 32.0 Å². The topological polar surface area (TPSA) is 80.0 Å². The molecule has 2 rings (SSSR count). The molecule has 0 aliphatic heterocycles. The van der Waals surface area contributed by atoms with Gasteiger partial charge >= 0.3 is 0 Å². The lowest BCUT2D eigenvalue weighted by atomic mass is 9.95. The van der Waals surface area contributed by atoms with Crippen molar-refractivity contribution in [2.24, 2.45) is 5.84 Å². The highest BCUT2D eigenvalue weighted by atomic mass is 16.2. The summed E-state index contributed by atoms with van der Waals surface area (Å²) in [6.45, 7) is 6.16. The zero-order valence-electron chi connectivity index (χ0n) is 12.7. The van der Waals surface area contributed by atoms with E-state index in [2.05, 4.69) is 29.6 Å². The summed E-state index contributed by atoms with van der Waals surface area (Å²) >= 11 is 0. The number of pyridine rings is 1. The van der Waals surface area contributed by atoms with Crippen molar-refractivity contribution in [2.45, 2.75) is 39.2 Å². The molecule has 1 amide bonds. The number of benzene rings is 1. The summed E-state index contributed by atoms with van der Waals surface area (Å²) in [4.78, 5) is 16.9. The van der Waals surface area contributed by atoms with Crippen LogP contribution in [0.4, 0.5) is 5.69 Å². The monoisotopic (exact) mass is 286 g/mol. The fourth-order valence-corrected chi connectivity index (χ4v) is 2.18. The van der Waals surface area contributed by atoms with E-state index in [4.69, 9.17) is 5.84 Å². The Kier molecular flexibility index (Phi) is 4.43. The van der Waals surface area contributed by atoms with Gasteiger partial charge in [-0.25, -0.2) is 4.98 Å². The molecule has 112 valence electrons. The van der Waals surface area contributed by atoms with Gasteiger partial charge in [0, 0.05) is 10.9 Å². The molecule has 0 atom stereocenters. The first-order valence-electron chi connectivity index (χ1n) is 7.22. The van der Waals surface area contributed by atoms with Crippen molar-refractivity contribution in [3.05, 3.63) is 36.0 Å².